The topological polar surface area (TPSA) is 75.3 Å². The molecule has 2 N–H and O–H groups in total. The summed E-state index contributed by atoms with van der Waals surface area (Å²) in [6.45, 7) is 3.82. The maximum atomic E-state index is 12.5. The van der Waals surface area contributed by atoms with Gasteiger partial charge in [-0.05, 0) is 73.9 Å². The monoisotopic (exact) mass is 442 g/mol. The minimum Gasteiger partial charge on any atom is -0.326 e. The third kappa shape index (κ3) is 5.84. The summed E-state index contributed by atoms with van der Waals surface area (Å²) in [4.78, 5) is 12.4. The highest BCUT2D eigenvalue weighted by atomic mass is 35.5. The third-order valence-electron chi connectivity index (χ3n) is 4.64. The van der Waals surface area contributed by atoms with Crippen LogP contribution in [0.4, 0.5) is 11.4 Å². The summed E-state index contributed by atoms with van der Waals surface area (Å²) in [6, 6.07) is 19.0. The van der Waals surface area contributed by atoms with Crippen LogP contribution in [0.5, 0.6) is 0 Å². The predicted molar refractivity (Wildman–Crippen MR) is 122 cm³/mol. The second-order valence-corrected chi connectivity index (χ2v) is 9.24. The van der Waals surface area contributed by atoms with E-state index in [0.717, 1.165) is 22.4 Å². The van der Waals surface area contributed by atoms with Gasteiger partial charge >= 0.3 is 0 Å². The number of hydrogen-bond donors (Lipinski definition) is 2. The lowest BCUT2D eigenvalue weighted by Gasteiger charge is -2.10. The van der Waals surface area contributed by atoms with Crippen LogP contribution < -0.4 is 10.0 Å². The van der Waals surface area contributed by atoms with Gasteiger partial charge in [-0.2, -0.15) is 0 Å². The summed E-state index contributed by atoms with van der Waals surface area (Å²) in [5, 5.41) is 3.49. The van der Waals surface area contributed by atoms with Crippen LogP contribution in [0.25, 0.3) is 0 Å². The molecule has 3 aromatic rings. The van der Waals surface area contributed by atoms with E-state index in [-0.39, 0.29) is 17.2 Å². The maximum Gasteiger partial charge on any atom is 0.261 e. The summed E-state index contributed by atoms with van der Waals surface area (Å²) in [5.41, 5.74) is 4.07. The van der Waals surface area contributed by atoms with Crippen molar-refractivity contribution in [2.75, 3.05) is 10.0 Å². The molecule has 0 bridgehead atoms. The fraction of sp³-hybridized carbons (Fsp3) is 0.174. The standard InChI is InChI=1S/C23H23ClN2O3S/c1-16-3-9-20(10-4-16)26-30(28,29)21-11-5-18(6-12-21)7-14-23(27)25-22-13-8-19(24)15-17(22)2/h3-6,8-13,15,26H,7,14H2,1-2H3,(H,25,27). The first-order valence-corrected chi connectivity index (χ1v) is 11.3. The molecular formula is C23H23ClN2O3S. The van der Waals surface area contributed by atoms with Crippen LogP contribution in [0.3, 0.4) is 0 Å². The Bertz CT molecular complexity index is 1140. The number of hydrogen-bond acceptors (Lipinski definition) is 3. The van der Waals surface area contributed by atoms with Crippen molar-refractivity contribution in [2.45, 2.75) is 31.6 Å². The van der Waals surface area contributed by atoms with E-state index >= 15 is 0 Å². The van der Waals surface area contributed by atoms with Gasteiger partial charge in [-0.25, -0.2) is 8.42 Å². The minimum atomic E-state index is -3.66. The Morgan fingerprint density at radius 3 is 2.23 bits per heavy atom. The Kier molecular flexibility index (Phi) is 6.80. The van der Waals surface area contributed by atoms with Gasteiger partial charge in [0.15, 0.2) is 0 Å². The van der Waals surface area contributed by atoms with Crippen LogP contribution >= 0.6 is 11.6 Å². The molecule has 0 radical (unpaired) electrons. The molecule has 0 fully saturated rings. The van der Waals surface area contributed by atoms with Gasteiger partial charge < -0.3 is 5.32 Å². The molecule has 0 aliphatic heterocycles. The maximum absolute atomic E-state index is 12.5. The summed E-state index contributed by atoms with van der Waals surface area (Å²) in [7, 11) is -3.66. The average molecular weight is 443 g/mol. The van der Waals surface area contributed by atoms with E-state index in [1.54, 1.807) is 54.6 Å². The zero-order valence-corrected chi connectivity index (χ0v) is 18.3. The number of carbonyl (C=O) groups is 1. The van der Waals surface area contributed by atoms with E-state index in [1.807, 2.05) is 26.0 Å². The van der Waals surface area contributed by atoms with Crippen LogP contribution in [0, 0.1) is 13.8 Å². The van der Waals surface area contributed by atoms with Crippen molar-refractivity contribution < 1.29 is 13.2 Å². The molecule has 3 rings (SSSR count). The van der Waals surface area contributed by atoms with Gasteiger partial charge in [0.05, 0.1) is 4.90 Å². The smallest absolute Gasteiger partial charge is 0.261 e. The second kappa shape index (κ2) is 9.32. The van der Waals surface area contributed by atoms with E-state index in [4.69, 9.17) is 11.6 Å². The van der Waals surface area contributed by atoms with Crippen LogP contribution in [-0.2, 0) is 21.2 Å². The average Bonchev–Trinajstić information content (AvgIpc) is 2.70. The van der Waals surface area contributed by atoms with Crippen molar-refractivity contribution >= 4 is 38.9 Å². The minimum absolute atomic E-state index is 0.113. The molecule has 0 aromatic heterocycles. The van der Waals surface area contributed by atoms with Crippen molar-refractivity contribution in [3.05, 3.63) is 88.4 Å². The number of aryl methyl sites for hydroxylation is 3. The first-order chi connectivity index (χ1) is 14.2. The molecule has 30 heavy (non-hydrogen) atoms. The molecule has 0 spiro atoms. The Hall–Kier alpha value is -2.83. The number of sulfonamides is 1. The molecule has 0 unspecified atom stereocenters. The zero-order valence-electron chi connectivity index (χ0n) is 16.8. The fourth-order valence-electron chi connectivity index (χ4n) is 2.91. The molecule has 3 aromatic carbocycles. The molecule has 0 aliphatic carbocycles. The van der Waals surface area contributed by atoms with Crippen LogP contribution in [0.15, 0.2) is 71.6 Å². The summed E-state index contributed by atoms with van der Waals surface area (Å²) in [6.07, 6.45) is 0.792. The molecule has 7 heteroatoms. The van der Waals surface area contributed by atoms with E-state index < -0.39 is 10.0 Å². The van der Waals surface area contributed by atoms with E-state index in [2.05, 4.69) is 10.0 Å². The van der Waals surface area contributed by atoms with E-state index in [9.17, 15) is 13.2 Å². The number of nitrogens with one attached hydrogen (secondary N) is 2. The number of halogens is 1. The molecule has 1 amide bonds. The molecular weight excluding hydrogens is 420 g/mol. The van der Waals surface area contributed by atoms with Gasteiger partial charge in [-0.15, -0.1) is 0 Å². The largest absolute Gasteiger partial charge is 0.326 e. The van der Waals surface area contributed by atoms with Crippen molar-refractivity contribution in [1.82, 2.24) is 0 Å². The number of amides is 1. The summed E-state index contributed by atoms with van der Waals surface area (Å²) in [5.74, 6) is -0.113. The molecule has 0 aliphatic rings. The van der Waals surface area contributed by atoms with Gasteiger partial charge in [0.1, 0.15) is 0 Å². The Morgan fingerprint density at radius 2 is 1.60 bits per heavy atom. The number of rotatable bonds is 7. The second-order valence-electron chi connectivity index (χ2n) is 7.12. The van der Waals surface area contributed by atoms with Crippen molar-refractivity contribution in [2.24, 2.45) is 0 Å². The van der Waals surface area contributed by atoms with E-state index in [1.165, 1.54) is 0 Å². The highest BCUT2D eigenvalue weighted by Gasteiger charge is 2.14. The van der Waals surface area contributed by atoms with Crippen molar-refractivity contribution in [3.63, 3.8) is 0 Å². The lowest BCUT2D eigenvalue weighted by Crippen LogP contribution is -2.14. The van der Waals surface area contributed by atoms with Crippen LogP contribution in [0.2, 0.25) is 5.02 Å². The van der Waals surface area contributed by atoms with Gasteiger partial charge in [-0.3, -0.25) is 9.52 Å². The Labute approximate surface area is 182 Å². The lowest BCUT2D eigenvalue weighted by molar-refractivity contribution is -0.116. The third-order valence-corrected chi connectivity index (χ3v) is 6.27. The number of benzene rings is 3. The molecule has 0 atom stereocenters. The Balaban J connectivity index is 1.58. The van der Waals surface area contributed by atoms with Gasteiger partial charge in [0.25, 0.3) is 10.0 Å². The summed E-state index contributed by atoms with van der Waals surface area (Å²) < 4.78 is 27.6. The number of anilines is 2. The van der Waals surface area contributed by atoms with E-state index in [0.29, 0.717) is 17.1 Å². The quantitative estimate of drug-likeness (QED) is 0.519. The van der Waals surface area contributed by atoms with Crippen LogP contribution in [0.1, 0.15) is 23.1 Å². The molecule has 5 nitrogen and oxygen atoms in total. The fourth-order valence-corrected chi connectivity index (χ4v) is 4.19. The highest BCUT2D eigenvalue weighted by Crippen LogP contribution is 2.20. The molecule has 0 heterocycles. The van der Waals surface area contributed by atoms with Gasteiger partial charge in [0, 0.05) is 22.8 Å². The molecule has 0 saturated heterocycles. The lowest BCUT2D eigenvalue weighted by atomic mass is 10.1. The van der Waals surface area contributed by atoms with Gasteiger partial charge in [0.2, 0.25) is 5.91 Å². The first-order valence-electron chi connectivity index (χ1n) is 9.47. The van der Waals surface area contributed by atoms with Crippen molar-refractivity contribution in [3.8, 4) is 0 Å². The summed E-state index contributed by atoms with van der Waals surface area (Å²) >= 11 is 5.93. The first kappa shape index (κ1) is 21.9. The predicted octanol–water partition coefficient (Wildman–Crippen LogP) is 5.33. The highest BCUT2D eigenvalue weighted by molar-refractivity contribution is 7.92. The Morgan fingerprint density at radius 1 is 0.933 bits per heavy atom. The number of carbonyl (C=O) groups excluding carboxylic acids is 1. The van der Waals surface area contributed by atoms with Crippen LogP contribution in [-0.4, -0.2) is 14.3 Å². The van der Waals surface area contributed by atoms with Crippen molar-refractivity contribution in [1.29, 1.82) is 0 Å². The zero-order chi connectivity index (χ0) is 21.7. The molecule has 0 saturated carbocycles. The molecule has 156 valence electrons. The van der Waals surface area contributed by atoms with Gasteiger partial charge in [-0.1, -0.05) is 41.4 Å². The normalized spacial score (nSPS) is 11.2. The SMILES string of the molecule is Cc1ccc(NS(=O)(=O)c2ccc(CCC(=O)Nc3ccc(Cl)cc3C)cc2)cc1.